The van der Waals surface area contributed by atoms with Gasteiger partial charge in [-0.2, -0.15) is 13.2 Å². The van der Waals surface area contributed by atoms with E-state index in [1.165, 1.54) is 28.8 Å². The SMILES string of the molecule is Cc1nc2ccccc2c(=O)n1-c1ccc(NC(=O)C(F)(F)F)cc1. The molecule has 1 heterocycles. The topological polar surface area (TPSA) is 64.0 Å². The van der Waals surface area contributed by atoms with Gasteiger partial charge in [0.25, 0.3) is 5.56 Å². The molecule has 0 spiro atoms. The number of halogens is 3. The molecule has 3 aromatic rings. The van der Waals surface area contributed by atoms with Crippen molar-refractivity contribution < 1.29 is 18.0 Å². The van der Waals surface area contributed by atoms with Crippen molar-refractivity contribution in [2.75, 3.05) is 5.32 Å². The Kier molecular flexibility index (Phi) is 4.03. The number of aromatic nitrogens is 2. The van der Waals surface area contributed by atoms with Gasteiger partial charge in [-0.3, -0.25) is 14.2 Å². The summed E-state index contributed by atoms with van der Waals surface area (Å²) in [5.41, 5.74) is 0.696. The number of amides is 1. The molecule has 25 heavy (non-hydrogen) atoms. The largest absolute Gasteiger partial charge is 0.471 e. The first-order valence-corrected chi connectivity index (χ1v) is 7.24. The lowest BCUT2D eigenvalue weighted by Gasteiger charge is -2.12. The molecule has 1 N–H and O–H groups in total. The molecule has 3 rings (SSSR count). The Morgan fingerprint density at radius 2 is 1.72 bits per heavy atom. The Hall–Kier alpha value is -3.16. The van der Waals surface area contributed by atoms with Crippen molar-refractivity contribution in [2.24, 2.45) is 0 Å². The highest BCUT2D eigenvalue weighted by Crippen LogP contribution is 2.20. The minimum absolute atomic E-state index is 0.0227. The Morgan fingerprint density at radius 1 is 1.08 bits per heavy atom. The van der Waals surface area contributed by atoms with E-state index in [1.54, 1.807) is 36.5 Å². The molecule has 0 unspecified atom stereocenters. The highest BCUT2D eigenvalue weighted by molar-refractivity contribution is 5.94. The van der Waals surface area contributed by atoms with Gasteiger partial charge in [0, 0.05) is 5.69 Å². The molecular formula is C17H12F3N3O2. The number of aryl methyl sites for hydroxylation is 1. The van der Waals surface area contributed by atoms with Crippen LogP contribution >= 0.6 is 0 Å². The van der Waals surface area contributed by atoms with Gasteiger partial charge in [-0.25, -0.2) is 4.98 Å². The molecule has 0 bridgehead atoms. The van der Waals surface area contributed by atoms with E-state index < -0.39 is 12.1 Å². The molecule has 2 aromatic carbocycles. The van der Waals surface area contributed by atoms with Crippen LogP contribution in [0.1, 0.15) is 5.82 Å². The van der Waals surface area contributed by atoms with Crippen molar-refractivity contribution in [1.82, 2.24) is 9.55 Å². The van der Waals surface area contributed by atoms with Gasteiger partial charge in [0.1, 0.15) is 5.82 Å². The number of para-hydroxylation sites is 1. The number of hydrogen-bond donors (Lipinski definition) is 1. The molecule has 1 aromatic heterocycles. The molecule has 0 saturated heterocycles. The van der Waals surface area contributed by atoms with E-state index in [4.69, 9.17) is 0 Å². The molecule has 8 heteroatoms. The van der Waals surface area contributed by atoms with Crippen molar-refractivity contribution in [3.8, 4) is 5.69 Å². The lowest BCUT2D eigenvalue weighted by Crippen LogP contribution is -2.29. The summed E-state index contributed by atoms with van der Waals surface area (Å²) in [6, 6.07) is 12.3. The summed E-state index contributed by atoms with van der Waals surface area (Å²) in [6.07, 6.45) is -4.96. The number of rotatable bonds is 2. The Morgan fingerprint density at radius 3 is 2.36 bits per heavy atom. The van der Waals surface area contributed by atoms with E-state index in [0.29, 0.717) is 22.4 Å². The van der Waals surface area contributed by atoms with Crippen LogP contribution in [0.2, 0.25) is 0 Å². The molecule has 5 nitrogen and oxygen atoms in total. The first-order valence-electron chi connectivity index (χ1n) is 7.24. The molecule has 0 atom stereocenters. The third-order valence-corrected chi connectivity index (χ3v) is 3.58. The lowest BCUT2D eigenvalue weighted by atomic mass is 10.2. The van der Waals surface area contributed by atoms with Gasteiger partial charge < -0.3 is 5.32 Å². The second-order valence-electron chi connectivity index (χ2n) is 5.32. The first-order chi connectivity index (χ1) is 11.8. The average Bonchev–Trinajstić information content (AvgIpc) is 2.55. The summed E-state index contributed by atoms with van der Waals surface area (Å²) in [6.45, 7) is 1.66. The van der Waals surface area contributed by atoms with Crippen LogP contribution in [-0.2, 0) is 4.79 Å². The predicted octanol–water partition coefficient (Wildman–Crippen LogP) is 3.19. The van der Waals surface area contributed by atoms with Crippen LogP contribution in [0, 0.1) is 6.92 Å². The Labute approximate surface area is 139 Å². The van der Waals surface area contributed by atoms with Crippen LogP contribution in [-0.4, -0.2) is 21.6 Å². The fourth-order valence-corrected chi connectivity index (χ4v) is 2.44. The number of fused-ring (bicyclic) bond motifs is 1. The fourth-order valence-electron chi connectivity index (χ4n) is 2.44. The summed E-state index contributed by atoms with van der Waals surface area (Å²) >= 11 is 0. The second kappa shape index (κ2) is 6.04. The quantitative estimate of drug-likeness (QED) is 0.774. The van der Waals surface area contributed by atoms with Crippen molar-refractivity contribution in [1.29, 1.82) is 0 Å². The van der Waals surface area contributed by atoms with Gasteiger partial charge >= 0.3 is 12.1 Å². The summed E-state index contributed by atoms with van der Waals surface area (Å²) in [5.74, 6) is -1.61. The molecule has 0 aliphatic heterocycles. The van der Waals surface area contributed by atoms with Crippen LogP contribution in [0.25, 0.3) is 16.6 Å². The van der Waals surface area contributed by atoms with Crippen LogP contribution in [0.3, 0.4) is 0 Å². The maximum atomic E-state index is 12.6. The number of alkyl halides is 3. The molecule has 0 saturated carbocycles. The van der Waals surface area contributed by atoms with Gasteiger partial charge in [0.15, 0.2) is 0 Å². The highest BCUT2D eigenvalue weighted by atomic mass is 19.4. The van der Waals surface area contributed by atoms with Gasteiger partial charge in [-0.15, -0.1) is 0 Å². The third-order valence-electron chi connectivity index (χ3n) is 3.58. The van der Waals surface area contributed by atoms with Gasteiger partial charge in [-0.1, -0.05) is 12.1 Å². The predicted molar refractivity (Wildman–Crippen MR) is 86.8 cm³/mol. The van der Waals surface area contributed by atoms with E-state index >= 15 is 0 Å². The maximum absolute atomic E-state index is 12.6. The van der Waals surface area contributed by atoms with Gasteiger partial charge in [0.2, 0.25) is 0 Å². The second-order valence-corrected chi connectivity index (χ2v) is 5.32. The summed E-state index contributed by atoms with van der Waals surface area (Å²) < 4.78 is 38.2. The Balaban J connectivity index is 2.00. The molecule has 0 aliphatic carbocycles. The summed E-state index contributed by atoms with van der Waals surface area (Å²) in [4.78, 5) is 28.0. The van der Waals surface area contributed by atoms with E-state index in [0.717, 1.165) is 0 Å². The van der Waals surface area contributed by atoms with Crippen LogP contribution < -0.4 is 10.9 Å². The number of anilines is 1. The molecule has 0 fully saturated rings. The number of benzene rings is 2. The zero-order valence-electron chi connectivity index (χ0n) is 13.0. The average molecular weight is 347 g/mol. The minimum atomic E-state index is -4.96. The molecule has 0 radical (unpaired) electrons. The van der Waals surface area contributed by atoms with Crippen LogP contribution in [0.5, 0.6) is 0 Å². The molecule has 128 valence electrons. The number of nitrogens with one attached hydrogen (secondary N) is 1. The number of hydrogen-bond acceptors (Lipinski definition) is 3. The van der Waals surface area contributed by atoms with E-state index in [9.17, 15) is 22.8 Å². The van der Waals surface area contributed by atoms with Crippen LogP contribution in [0.4, 0.5) is 18.9 Å². The fraction of sp³-hybridized carbons (Fsp3) is 0.118. The third kappa shape index (κ3) is 3.23. The first kappa shape index (κ1) is 16.7. The standard InChI is InChI=1S/C17H12F3N3O2/c1-10-21-14-5-3-2-4-13(14)15(24)23(10)12-8-6-11(7-9-12)22-16(25)17(18,19)20/h2-9H,1H3,(H,22,25). The number of nitrogens with zero attached hydrogens (tertiary/aromatic N) is 2. The van der Waals surface area contributed by atoms with Gasteiger partial charge in [0.05, 0.1) is 16.6 Å². The van der Waals surface area contributed by atoms with E-state index in [2.05, 4.69) is 4.98 Å². The summed E-state index contributed by atoms with van der Waals surface area (Å²) in [7, 11) is 0. The van der Waals surface area contributed by atoms with E-state index in [-0.39, 0.29) is 11.2 Å². The normalized spacial score (nSPS) is 11.5. The minimum Gasteiger partial charge on any atom is -0.318 e. The smallest absolute Gasteiger partial charge is 0.318 e. The maximum Gasteiger partial charge on any atom is 0.471 e. The molecule has 1 amide bonds. The zero-order chi connectivity index (χ0) is 18.2. The monoisotopic (exact) mass is 347 g/mol. The van der Waals surface area contributed by atoms with Crippen LogP contribution in [0.15, 0.2) is 53.3 Å². The zero-order valence-corrected chi connectivity index (χ0v) is 13.0. The molecule has 0 aliphatic rings. The van der Waals surface area contributed by atoms with Crippen molar-refractivity contribution in [3.63, 3.8) is 0 Å². The Bertz CT molecular complexity index is 1010. The number of carbonyl (C=O) groups excluding carboxylic acids is 1. The van der Waals surface area contributed by atoms with E-state index in [1.807, 2.05) is 0 Å². The summed E-state index contributed by atoms with van der Waals surface area (Å²) in [5, 5.41) is 2.19. The lowest BCUT2D eigenvalue weighted by molar-refractivity contribution is -0.167. The van der Waals surface area contributed by atoms with Crippen molar-refractivity contribution in [2.45, 2.75) is 13.1 Å². The number of carbonyl (C=O) groups is 1. The van der Waals surface area contributed by atoms with Crippen molar-refractivity contribution in [3.05, 3.63) is 64.7 Å². The van der Waals surface area contributed by atoms with Crippen molar-refractivity contribution >= 4 is 22.5 Å². The highest BCUT2D eigenvalue weighted by Gasteiger charge is 2.38. The molecular weight excluding hydrogens is 335 g/mol. The van der Waals surface area contributed by atoms with Gasteiger partial charge in [-0.05, 0) is 43.3 Å².